The summed E-state index contributed by atoms with van der Waals surface area (Å²) in [5.41, 5.74) is 6.45. The van der Waals surface area contributed by atoms with Crippen molar-refractivity contribution in [3.05, 3.63) is 29.8 Å². The summed E-state index contributed by atoms with van der Waals surface area (Å²) in [5.74, 6) is 0.877. The van der Waals surface area contributed by atoms with E-state index in [1.807, 2.05) is 24.3 Å². The zero-order valence-corrected chi connectivity index (χ0v) is 13.7. The summed E-state index contributed by atoms with van der Waals surface area (Å²) in [5, 5.41) is 0. The van der Waals surface area contributed by atoms with Gasteiger partial charge in [0, 0.05) is 37.8 Å². The van der Waals surface area contributed by atoms with Crippen LogP contribution < -0.4 is 10.5 Å². The topological polar surface area (TPSA) is 41.7 Å². The first kappa shape index (κ1) is 16.2. The molecule has 0 bridgehead atoms. The molecule has 0 spiro atoms. The van der Waals surface area contributed by atoms with Crippen LogP contribution in [-0.4, -0.2) is 60.7 Å². The average Bonchev–Trinajstić information content (AvgIpc) is 2.47. The van der Waals surface area contributed by atoms with Gasteiger partial charge in [0.2, 0.25) is 0 Å². The molecule has 1 saturated heterocycles. The van der Waals surface area contributed by atoms with Gasteiger partial charge in [0.25, 0.3) is 0 Å². The fraction of sp³-hybridized carbons (Fsp3) is 0.562. The van der Waals surface area contributed by atoms with Crippen LogP contribution in [0.1, 0.15) is 18.9 Å². The van der Waals surface area contributed by atoms with Gasteiger partial charge in [-0.2, -0.15) is 0 Å². The molecule has 1 aliphatic rings. The lowest BCUT2D eigenvalue weighted by atomic mass is 10.2. The second kappa shape index (κ2) is 7.73. The zero-order chi connectivity index (χ0) is 15.2. The second-order valence-corrected chi connectivity index (χ2v) is 6.16. The van der Waals surface area contributed by atoms with E-state index in [-0.39, 0.29) is 0 Å². The molecular weight excluding hydrogens is 282 g/mol. The molecule has 116 valence electrons. The maximum atomic E-state index is 5.76. The molecular formula is C16H25N3OS. The third-order valence-electron chi connectivity index (χ3n) is 4.07. The molecule has 2 N–H and O–H groups in total. The molecule has 1 atom stereocenters. The highest BCUT2D eigenvalue weighted by Gasteiger charge is 2.19. The van der Waals surface area contributed by atoms with Gasteiger partial charge in [-0.05, 0) is 44.7 Å². The van der Waals surface area contributed by atoms with E-state index in [9.17, 15) is 0 Å². The second-order valence-electron chi connectivity index (χ2n) is 5.72. The number of benzene rings is 1. The lowest BCUT2D eigenvalue weighted by Crippen LogP contribution is -2.50. The van der Waals surface area contributed by atoms with E-state index < -0.39 is 0 Å². The predicted octanol–water partition coefficient (Wildman–Crippen LogP) is 1.73. The maximum Gasteiger partial charge on any atom is 0.119 e. The van der Waals surface area contributed by atoms with Crippen LogP contribution >= 0.6 is 12.2 Å². The highest BCUT2D eigenvalue weighted by molar-refractivity contribution is 7.80. The summed E-state index contributed by atoms with van der Waals surface area (Å²) in [6, 6.07) is 8.30. The Morgan fingerprint density at radius 1 is 1.33 bits per heavy atom. The number of piperazine rings is 1. The first-order chi connectivity index (χ1) is 10.1. The zero-order valence-electron chi connectivity index (χ0n) is 12.9. The molecule has 2 rings (SSSR count). The quantitative estimate of drug-likeness (QED) is 0.640. The van der Waals surface area contributed by atoms with E-state index in [0.717, 1.165) is 50.5 Å². The molecule has 0 radical (unpaired) electrons. The van der Waals surface area contributed by atoms with Crippen molar-refractivity contribution >= 4 is 17.2 Å². The Kier molecular flexibility index (Phi) is 5.96. The Morgan fingerprint density at radius 2 is 2.05 bits per heavy atom. The normalized spacial score (nSPS) is 20.4. The van der Waals surface area contributed by atoms with Crippen LogP contribution in [0.2, 0.25) is 0 Å². The largest absolute Gasteiger partial charge is 0.494 e. The van der Waals surface area contributed by atoms with E-state index in [2.05, 4.69) is 23.8 Å². The molecule has 0 amide bonds. The minimum Gasteiger partial charge on any atom is -0.494 e. The molecule has 1 aliphatic heterocycles. The van der Waals surface area contributed by atoms with Gasteiger partial charge in [-0.1, -0.05) is 12.2 Å². The Labute approximate surface area is 132 Å². The molecule has 4 nitrogen and oxygen atoms in total. The van der Waals surface area contributed by atoms with Gasteiger partial charge in [-0.25, -0.2) is 0 Å². The fourth-order valence-corrected chi connectivity index (χ4v) is 2.66. The molecule has 1 fully saturated rings. The van der Waals surface area contributed by atoms with E-state index in [4.69, 9.17) is 22.7 Å². The SMILES string of the molecule is CC1CN(CCCOc2ccc(C(N)=S)cc2)CCN1C. The summed E-state index contributed by atoms with van der Waals surface area (Å²) in [6.07, 6.45) is 1.05. The molecule has 1 heterocycles. The smallest absolute Gasteiger partial charge is 0.119 e. The van der Waals surface area contributed by atoms with E-state index in [1.54, 1.807) is 0 Å². The minimum atomic E-state index is 0.422. The van der Waals surface area contributed by atoms with Gasteiger partial charge >= 0.3 is 0 Å². The highest BCUT2D eigenvalue weighted by Crippen LogP contribution is 2.13. The molecule has 0 aromatic heterocycles. The van der Waals surface area contributed by atoms with Crippen LogP contribution in [0.4, 0.5) is 0 Å². The fourth-order valence-electron chi connectivity index (χ4n) is 2.52. The first-order valence-electron chi connectivity index (χ1n) is 7.51. The Balaban J connectivity index is 1.66. The highest BCUT2D eigenvalue weighted by atomic mass is 32.1. The number of ether oxygens (including phenoxy) is 1. The van der Waals surface area contributed by atoms with Crippen molar-refractivity contribution in [2.24, 2.45) is 5.73 Å². The lowest BCUT2D eigenvalue weighted by Gasteiger charge is -2.37. The summed E-state index contributed by atoms with van der Waals surface area (Å²) in [6.45, 7) is 7.59. The summed E-state index contributed by atoms with van der Waals surface area (Å²) in [4.78, 5) is 5.35. The first-order valence-corrected chi connectivity index (χ1v) is 7.92. The predicted molar refractivity (Wildman–Crippen MR) is 91.0 cm³/mol. The standard InChI is InChI=1S/C16H25N3OS/c1-13-12-19(10-9-18(13)2)8-3-11-20-15-6-4-14(5-7-15)16(17)21/h4-7,13H,3,8-12H2,1-2H3,(H2,17,21). The van der Waals surface area contributed by atoms with Gasteiger partial charge in [-0.15, -0.1) is 0 Å². The number of hydrogen-bond donors (Lipinski definition) is 1. The van der Waals surface area contributed by atoms with Crippen molar-refractivity contribution in [1.82, 2.24) is 9.80 Å². The van der Waals surface area contributed by atoms with Crippen LogP contribution in [0, 0.1) is 0 Å². The van der Waals surface area contributed by atoms with Crippen molar-refractivity contribution in [1.29, 1.82) is 0 Å². The van der Waals surface area contributed by atoms with E-state index in [0.29, 0.717) is 11.0 Å². The summed E-state index contributed by atoms with van der Waals surface area (Å²) < 4.78 is 5.76. The van der Waals surface area contributed by atoms with Gasteiger partial charge in [0.15, 0.2) is 0 Å². The molecule has 1 unspecified atom stereocenters. The van der Waals surface area contributed by atoms with Gasteiger partial charge < -0.3 is 20.3 Å². The van der Waals surface area contributed by atoms with Crippen LogP contribution in [-0.2, 0) is 0 Å². The van der Waals surface area contributed by atoms with Gasteiger partial charge in [0.05, 0.1) is 6.61 Å². The molecule has 0 aliphatic carbocycles. The molecule has 5 heteroatoms. The van der Waals surface area contributed by atoms with Gasteiger partial charge in [0.1, 0.15) is 10.7 Å². The van der Waals surface area contributed by atoms with Crippen molar-refractivity contribution in [2.45, 2.75) is 19.4 Å². The minimum absolute atomic E-state index is 0.422. The number of hydrogen-bond acceptors (Lipinski definition) is 4. The number of thiocarbonyl (C=S) groups is 1. The molecule has 21 heavy (non-hydrogen) atoms. The average molecular weight is 307 g/mol. The van der Waals surface area contributed by atoms with Crippen LogP contribution in [0.5, 0.6) is 5.75 Å². The monoisotopic (exact) mass is 307 g/mol. The molecule has 0 saturated carbocycles. The summed E-state index contributed by atoms with van der Waals surface area (Å²) >= 11 is 4.93. The number of likely N-dealkylation sites (N-methyl/N-ethyl adjacent to an activating group) is 1. The van der Waals surface area contributed by atoms with E-state index >= 15 is 0 Å². The Bertz CT molecular complexity index is 463. The van der Waals surface area contributed by atoms with Crippen LogP contribution in [0.3, 0.4) is 0 Å². The Morgan fingerprint density at radius 3 is 2.67 bits per heavy atom. The number of nitrogens with two attached hydrogens (primary N) is 1. The van der Waals surface area contributed by atoms with Crippen molar-refractivity contribution < 1.29 is 4.74 Å². The molecule has 1 aromatic carbocycles. The maximum absolute atomic E-state index is 5.76. The number of nitrogens with zero attached hydrogens (tertiary/aromatic N) is 2. The molecule has 1 aromatic rings. The van der Waals surface area contributed by atoms with Crippen molar-refractivity contribution in [2.75, 3.05) is 39.8 Å². The van der Waals surface area contributed by atoms with Gasteiger partial charge in [-0.3, -0.25) is 0 Å². The lowest BCUT2D eigenvalue weighted by molar-refractivity contribution is 0.100. The summed E-state index contributed by atoms with van der Waals surface area (Å²) in [7, 11) is 2.20. The number of rotatable bonds is 6. The van der Waals surface area contributed by atoms with Crippen molar-refractivity contribution in [3.8, 4) is 5.75 Å². The third-order valence-corrected chi connectivity index (χ3v) is 4.31. The van der Waals surface area contributed by atoms with Crippen LogP contribution in [0.15, 0.2) is 24.3 Å². The van der Waals surface area contributed by atoms with E-state index in [1.165, 1.54) is 0 Å². The Hall–Kier alpha value is -1.17. The van der Waals surface area contributed by atoms with Crippen molar-refractivity contribution in [3.63, 3.8) is 0 Å². The van der Waals surface area contributed by atoms with Crippen LogP contribution in [0.25, 0.3) is 0 Å². The third kappa shape index (κ3) is 4.95.